The van der Waals surface area contributed by atoms with E-state index in [0.717, 1.165) is 54.6 Å². The highest BCUT2D eigenvalue weighted by atomic mass is 16.6. The first-order valence-electron chi connectivity index (χ1n) is 14.5. The topological polar surface area (TPSA) is 72.8 Å². The summed E-state index contributed by atoms with van der Waals surface area (Å²) in [5.74, 6) is -0.311. The molecule has 3 aromatic rings. The summed E-state index contributed by atoms with van der Waals surface area (Å²) in [4.78, 5) is 28.0. The summed E-state index contributed by atoms with van der Waals surface area (Å²) in [6, 6.07) is 14.2. The predicted molar refractivity (Wildman–Crippen MR) is 161 cm³/mol. The standard InChI is InChI=1S/C33H45N3O4/c1-33(2,3)40-29(37)22-36-28-20-24(32(38)39-6)16-17-27(28)30(23-12-8-7-9-13-23)31(36)26-15-11-10-14-25(26)21-34-18-19-35(4)5/h10-11,14-17,20,23,34H,7-9,12-13,18-19,21-22H2,1-6H3. The van der Waals surface area contributed by atoms with Crippen LogP contribution in [0, 0.1) is 0 Å². The van der Waals surface area contributed by atoms with Crippen molar-refractivity contribution in [2.24, 2.45) is 0 Å². The summed E-state index contributed by atoms with van der Waals surface area (Å²) in [7, 11) is 5.54. The van der Waals surface area contributed by atoms with Crippen molar-refractivity contribution in [3.05, 3.63) is 59.2 Å². The minimum absolute atomic E-state index is 0.0584. The Hall–Kier alpha value is -3.16. The Morgan fingerprint density at radius 1 is 1.05 bits per heavy atom. The van der Waals surface area contributed by atoms with Crippen LogP contribution in [0.1, 0.15) is 80.3 Å². The van der Waals surface area contributed by atoms with Crippen LogP contribution < -0.4 is 5.32 Å². The third-order valence-electron chi connectivity index (χ3n) is 7.57. The van der Waals surface area contributed by atoms with Crippen LogP contribution in [-0.4, -0.2) is 61.3 Å². The molecule has 7 heteroatoms. The number of nitrogens with one attached hydrogen (secondary N) is 1. The van der Waals surface area contributed by atoms with Gasteiger partial charge < -0.3 is 24.3 Å². The van der Waals surface area contributed by atoms with Crippen molar-refractivity contribution in [3.8, 4) is 11.3 Å². The monoisotopic (exact) mass is 547 g/mol. The summed E-state index contributed by atoms with van der Waals surface area (Å²) in [5.41, 5.74) is 5.35. The second-order valence-corrected chi connectivity index (χ2v) is 12.1. The number of benzene rings is 2. The summed E-state index contributed by atoms with van der Waals surface area (Å²) in [6.07, 6.45) is 5.86. The first-order valence-corrected chi connectivity index (χ1v) is 14.5. The quantitative estimate of drug-likeness (QED) is 0.243. The van der Waals surface area contributed by atoms with Crippen LogP contribution in [0.3, 0.4) is 0 Å². The smallest absolute Gasteiger partial charge is 0.337 e. The Labute approximate surface area is 238 Å². The van der Waals surface area contributed by atoms with Gasteiger partial charge in [0.15, 0.2) is 0 Å². The largest absolute Gasteiger partial charge is 0.465 e. The fourth-order valence-electron chi connectivity index (χ4n) is 5.81. The number of esters is 2. The van der Waals surface area contributed by atoms with Crippen LogP contribution >= 0.6 is 0 Å². The van der Waals surface area contributed by atoms with Crippen molar-refractivity contribution in [2.45, 2.75) is 77.5 Å². The SMILES string of the molecule is COC(=O)c1ccc2c(C3CCCCC3)c(-c3ccccc3CNCCN(C)C)n(CC(=O)OC(C)(C)C)c2c1. The van der Waals surface area contributed by atoms with E-state index in [2.05, 4.69) is 53.1 Å². The number of rotatable bonds is 10. The molecular formula is C33H45N3O4. The lowest BCUT2D eigenvalue weighted by Crippen LogP contribution is -2.27. The van der Waals surface area contributed by atoms with Crippen LogP contribution in [0.2, 0.25) is 0 Å². The molecule has 1 fully saturated rings. The van der Waals surface area contributed by atoms with Gasteiger partial charge in [0.1, 0.15) is 12.1 Å². The van der Waals surface area contributed by atoms with Gasteiger partial charge in [-0.1, -0.05) is 49.6 Å². The number of aromatic nitrogens is 1. The van der Waals surface area contributed by atoms with Gasteiger partial charge >= 0.3 is 11.9 Å². The Balaban J connectivity index is 1.93. The molecule has 0 saturated heterocycles. The molecule has 0 unspecified atom stereocenters. The number of likely N-dealkylation sites (N-methyl/N-ethyl adjacent to an activating group) is 1. The van der Waals surface area contributed by atoms with Crippen LogP contribution in [0.4, 0.5) is 0 Å². The Morgan fingerprint density at radius 3 is 2.45 bits per heavy atom. The Morgan fingerprint density at radius 2 is 1.77 bits per heavy atom. The zero-order valence-corrected chi connectivity index (χ0v) is 25.0. The van der Waals surface area contributed by atoms with Crippen LogP contribution in [-0.2, 0) is 27.4 Å². The highest BCUT2D eigenvalue weighted by Crippen LogP contribution is 2.45. The highest BCUT2D eigenvalue weighted by Gasteiger charge is 2.29. The van der Waals surface area contributed by atoms with Crippen LogP contribution in [0.5, 0.6) is 0 Å². The Kier molecular flexibility index (Phi) is 9.69. The number of fused-ring (bicyclic) bond motifs is 1. The van der Waals surface area contributed by atoms with Crippen molar-refractivity contribution in [2.75, 3.05) is 34.3 Å². The van der Waals surface area contributed by atoms with Crippen LogP contribution in [0.25, 0.3) is 22.2 Å². The third-order valence-corrected chi connectivity index (χ3v) is 7.57. The molecule has 0 atom stereocenters. The van der Waals surface area contributed by atoms with E-state index in [4.69, 9.17) is 9.47 Å². The maximum absolute atomic E-state index is 13.3. The number of carbonyl (C=O) groups excluding carboxylic acids is 2. The predicted octanol–water partition coefficient (Wildman–Crippen LogP) is 6.14. The van der Waals surface area contributed by atoms with E-state index in [-0.39, 0.29) is 12.5 Å². The second-order valence-electron chi connectivity index (χ2n) is 12.1. The zero-order valence-electron chi connectivity index (χ0n) is 25.0. The second kappa shape index (κ2) is 13.0. The van der Waals surface area contributed by atoms with Gasteiger partial charge in [0.25, 0.3) is 0 Å². The molecule has 40 heavy (non-hydrogen) atoms. The molecule has 2 aromatic carbocycles. The summed E-state index contributed by atoms with van der Waals surface area (Å²) >= 11 is 0. The number of hydrogen-bond acceptors (Lipinski definition) is 6. The Bertz CT molecular complexity index is 1330. The molecule has 7 nitrogen and oxygen atoms in total. The van der Waals surface area contributed by atoms with Crippen molar-refractivity contribution in [3.63, 3.8) is 0 Å². The van der Waals surface area contributed by atoms with E-state index in [1.54, 1.807) is 0 Å². The first-order chi connectivity index (χ1) is 19.1. The number of ether oxygens (including phenoxy) is 2. The van der Waals surface area contributed by atoms with Gasteiger partial charge in [-0.2, -0.15) is 0 Å². The van der Waals surface area contributed by atoms with Crippen molar-refractivity contribution in [1.29, 1.82) is 0 Å². The number of nitrogens with zero attached hydrogens (tertiary/aromatic N) is 2. The molecule has 1 aromatic heterocycles. The molecule has 1 N–H and O–H groups in total. The molecule has 0 radical (unpaired) electrons. The molecule has 0 amide bonds. The molecule has 1 aliphatic rings. The first kappa shape index (κ1) is 29.8. The number of carbonyl (C=O) groups is 2. The third kappa shape index (κ3) is 7.12. The highest BCUT2D eigenvalue weighted by molar-refractivity contribution is 5.99. The fraction of sp³-hybridized carbons (Fsp3) is 0.515. The van der Waals surface area contributed by atoms with Gasteiger partial charge in [-0.3, -0.25) is 4.79 Å². The molecule has 4 rings (SSSR count). The molecular weight excluding hydrogens is 502 g/mol. The van der Waals surface area contributed by atoms with E-state index in [9.17, 15) is 9.59 Å². The van der Waals surface area contributed by atoms with E-state index in [0.29, 0.717) is 11.5 Å². The maximum atomic E-state index is 13.3. The van der Waals surface area contributed by atoms with E-state index >= 15 is 0 Å². The lowest BCUT2D eigenvalue weighted by atomic mass is 9.81. The molecule has 0 bridgehead atoms. The number of methoxy groups -OCH3 is 1. The van der Waals surface area contributed by atoms with E-state index < -0.39 is 11.6 Å². The normalized spacial score (nSPS) is 14.6. The zero-order chi connectivity index (χ0) is 28.9. The minimum atomic E-state index is -0.599. The van der Waals surface area contributed by atoms with Gasteiger partial charge in [-0.15, -0.1) is 0 Å². The summed E-state index contributed by atoms with van der Waals surface area (Å²) in [5, 5.41) is 4.69. The fourth-order valence-corrected chi connectivity index (χ4v) is 5.81. The average molecular weight is 548 g/mol. The molecule has 1 saturated carbocycles. The number of hydrogen-bond donors (Lipinski definition) is 1. The maximum Gasteiger partial charge on any atom is 0.337 e. The lowest BCUT2D eigenvalue weighted by molar-refractivity contribution is -0.155. The average Bonchev–Trinajstić information content (AvgIpc) is 3.23. The van der Waals surface area contributed by atoms with Crippen molar-refractivity contribution in [1.82, 2.24) is 14.8 Å². The van der Waals surface area contributed by atoms with E-state index in [1.807, 2.05) is 39.0 Å². The molecule has 1 aliphatic carbocycles. The van der Waals surface area contributed by atoms with Gasteiger partial charge in [0.05, 0.1) is 23.9 Å². The van der Waals surface area contributed by atoms with Gasteiger partial charge in [-0.05, 0) is 76.9 Å². The molecule has 0 spiro atoms. The van der Waals surface area contributed by atoms with Gasteiger partial charge in [0, 0.05) is 30.6 Å². The molecule has 216 valence electrons. The van der Waals surface area contributed by atoms with Crippen molar-refractivity contribution >= 4 is 22.8 Å². The van der Waals surface area contributed by atoms with Crippen LogP contribution in [0.15, 0.2) is 42.5 Å². The van der Waals surface area contributed by atoms with Crippen molar-refractivity contribution < 1.29 is 19.1 Å². The van der Waals surface area contributed by atoms with Gasteiger partial charge in [-0.25, -0.2) is 4.79 Å². The minimum Gasteiger partial charge on any atom is -0.465 e. The summed E-state index contributed by atoms with van der Waals surface area (Å²) < 4.78 is 12.9. The summed E-state index contributed by atoms with van der Waals surface area (Å²) in [6.45, 7) is 8.26. The van der Waals surface area contributed by atoms with E-state index in [1.165, 1.54) is 37.5 Å². The molecule has 1 heterocycles. The van der Waals surface area contributed by atoms with Gasteiger partial charge in [0.2, 0.25) is 0 Å². The molecule has 0 aliphatic heterocycles. The lowest BCUT2D eigenvalue weighted by Gasteiger charge is -2.25.